The molecule has 4 rings (SSSR count). The van der Waals surface area contributed by atoms with E-state index in [0.29, 0.717) is 33.6 Å². The second kappa shape index (κ2) is 11.5. The molecule has 0 spiro atoms. The maximum Gasteiger partial charge on any atom is 0.257 e. The largest absolute Gasteiger partial charge is 0.321 e. The van der Waals surface area contributed by atoms with Gasteiger partial charge in [-0.05, 0) is 55.1 Å². The molecule has 4 aromatic carbocycles. The van der Waals surface area contributed by atoms with Gasteiger partial charge >= 0.3 is 0 Å². The molecule has 0 bridgehead atoms. The van der Waals surface area contributed by atoms with E-state index in [0.717, 1.165) is 16.2 Å². The van der Waals surface area contributed by atoms with Crippen LogP contribution in [-0.4, -0.2) is 23.4 Å². The summed E-state index contributed by atoms with van der Waals surface area (Å²) in [6.07, 6.45) is 0. The number of ketones is 1. The van der Waals surface area contributed by atoms with Crippen LogP contribution in [0.2, 0.25) is 0 Å². The Labute approximate surface area is 214 Å². The maximum absolute atomic E-state index is 13.3. The topological polar surface area (TPSA) is 75.3 Å². The third kappa shape index (κ3) is 5.90. The Kier molecular flexibility index (Phi) is 7.98. The first-order valence-corrected chi connectivity index (χ1v) is 12.6. The Balaban J connectivity index is 1.59. The number of thioether (sulfide) groups is 1. The lowest BCUT2D eigenvalue weighted by Gasteiger charge is -2.14. The highest BCUT2D eigenvalue weighted by Crippen LogP contribution is 2.25. The highest BCUT2D eigenvalue weighted by Gasteiger charge is 2.19. The average molecular weight is 495 g/mol. The zero-order valence-electron chi connectivity index (χ0n) is 20.1. The minimum Gasteiger partial charge on any atom is -0.321 e. The van der Waals surface area contributed by atoms with Crippen molar-refractivity contribution in [2.45, 2.75) is 18.7 Å². The lowest BCUT2D eigenvalue weighted by Crippen LogP contribution is -2.19. The van der Waals surface area contributed by atoms with Crippen molar-refractivity contribution in [2.24, 2.45) is 0 Å². The van der Waals surface area contributed by atoms with E-state index in [4.69, 9.17) is 0 Å². The molecular weight excluding hydrogens is 468 g/mol. The van der Waals surface area contributed by atoms with Gasteiger partial charge < -0.3 is 10.6 Å². The van der Waals surface area contributed by atoms with Crippen LogP contribution in [0.25, 0.3) is 0 Å². The van der Waals surface area contributed by atoms with Crippen LogP contribution in [-0.2, 0) is 0 Å². The second-order valence-corrected chi connectivity index (χ2v) is 9.50. The molecule has 36 heavy (non-hydrogen) atoms. The molecular formula is C30H26N2O3S. The van der Waals surface area contributed by atoms with Gasteiger partial charge in [0.1, 0.15) is 0 Å². The second-order valence-electron chi connectivity index (χ2n) is 8.16. The van der Waals surface area contributed by atoms with Gasteiger partial charge in [0, 0.05) is 21.6 Å². The molecule has 0 aromatic heterocycles. The summed E-state index contributed by atoms with van der Waals surface area (Å²) in [5.74, 6) is -0.000704. The number of hydrogen-bond donors (Lipinski definition) is 2. The molecule has 0 radical (unpaired) electrons. The summed E-state index contributed by atoms with van der Waals surface area (Å²) in [6.45, 7) is 3.95. The first-order valence-electron chi connectivity index (χ1n) is 11.6. The fourth-order valence-electron chi connectivity index (χ4n) is 3.77. The monoisotopic (exact) mass is 494 g/mol. The Bertz CT molecular complexity index is 1420. The third-order valence-electron chi connectivity index (χ3n) is 5.53. The van der Waals surface area contributed by atoms with Crippen molar-refractivity contribution in [2.75, 3.05) is 16.4 Å². The summed E-state index contributed by atoms with van der Waals surface area (Å²) in [6, 6.07) is 28.5. The molecule has 0 heterocycles. The predicted molar refractivity (Wildman–Crippen MR) is 146 cm³/mol. The Hall–Kier alpha value is -4.16. The van der Waals surface area contributed by atoms with E-state index < -0.39 is 5.91 Å². The molecule has 0 unspecified atom stereocenters. The van der Waals surface area contributed by atoms with E-state index in [2.05, 4.69) is 17.6 Å². The van der Waals surface area contributed by atoms with Crippen molar-refractivity contribution in [3.63, 3.8) is 0 Å². The molecule has 2 N–H and O–H groups in total. The predicted octanol–water partition coefficient (Wildman–Crippen LogP) is 6.84. The van der Waals surface area contributed by atoms with Crippen molar-refractivity contribution in [1.29, 1.82) is 0 Å². The van der Waals surface area contributed by atoms with E-state index in [9.17, 15) is 14.4 Å². The van der Waals surface area contributed by atoms with Gasteiger partial charge in [0.05, 0.1) is 16.9 Å². The highest BCUT2D eigenvalue weighted by molar-refractivity contribution is 7.99. The minimum atomic E-state index is -0.424. The number of anilines is 2. The molecule has 180 valence electrons. The Morgan fingerprint density at radius 3 is 2.11 bits per heavy atom. The normalized spacial score (nSPS) is 10.5. The zero-order valence-corrected chi connectivity index (χ0v) is 20.9. The molecule has 0 saturated heterocycles. The van der Waals surface area contributed by atoms with E-state index in [1.807, 2.05) is 37.3 Å². The van der Waals surface area contributed by atoms with Crippen LogP contribution in [0.5, 0.6) is 0 Å². The van der Waals surface area contributed by atoms with Crippen LogP contribution in [0.3, 0.4) is 0 Å². The number of para-hydroxylation sites is 1. The lowest BCUT2D eigenvalue weighted by atomic mass is 9.99. The number of carbonyl (C=O) groups excluding carboxylic acids is 3. The number of aryl methyl sites for hydroxylation is 1. The van der Waals surface area contributed by atoms with Gasteiger partial charge in [-0.1, -0.05) is 67.1 Å². The summed E-state index contributed by atoms with van der Waals surface area (Å²) in [4.78, 5) is 40.4. The SMILES string of the molecule is CCSc1cccc(C(=O)Nc2ccccc2C(=O)Nc2ccc(C)cc2C(=O)c2ccccc2)c1. The van der Waals surface area contributed by atoms with E-state index >= 15 is 0 Å². The summed E-state index contributed by atoms with van der Waals surface area (Å²) >= 11 is 1.65. The van der Waals surface area contributed by atoms with E-state index in [-0.39, 0.29) is 11.7 Å². The number of amides is 2. The van der Waals surface area contributed by atoms with Crippen molar-refractivity contribution in [3.8, 4) is 0 Å². The van der Waals surface area contributed by atoms with Crippen LogP contribution in [0.4, 0.5) is 11.4 Å². The number of rotatable bonds is 8. The molecule has 0 fully saturated rings. The molecule has 0 atom stereocenters. The molecule has 4 aromatic rings. The minimum absolute atomic E-state index is 0.180. The molecule has 0 aliphatic carbocycles. The van der Waals surface area contributed by atoms with Crippen LogP contribution in [0.15, 0.2) is 102 Å². The van der Waals surface area contributed by atoms with Crippen LogP contribution >= 0.6 is 11.8 Å². The summed E-state index contributed by atoms with van der Waals surface area (Å²) in [7, 11) is 0. The molecule has 0 aliphatic heterocycles. The van der Waals surface area contributed by atoms with Crippen molar-refractivity contribution < 1.29 is 14.4 Å². The average Bonchev–Trinajstić information content (AvgIpc) is 2.90. The summed E-state index contributed by atoms with van der Waals surface area (Å²) in [5, 5.41) is 5.73. The van der Waals surface area contributed by atoms with Gasteiger partial charge in [-0.3, -0.25) is 14.4 Å². The van der Waals surface area contributed by atoms with Gasteiger partial charge in [0.25, 0.3) is 11.8 Å². The smallest absolute Gasteiger partial charge is 0.257 e. The van der Waals surface area contributed by atoms with Crippen molar-refractivity contribution in [3.05, 3.63) is 125 Å². The molecule has 0 aliphatic rings. The number of nitrogens with one attached hydrogen (secondary N) is 2. The van der Waals surface area contributed by atoms with Crippen molar-refractivity contribution in [1.82, 2.24) is 0 Å². The molecule has 2 amide bonds. The fourth-order valence-corrected chi connectivity index (χ4v) is 4.49. The van der Waals surface area contributed by atoms with Gasteiger partial charge in [0.15, 0.2) is 5.78 Å². The van der Waals surface area contributed by atoms with Gasteiger partial charge in [0.2, 0.25) is 0 Å². The van der Waals surface area contributed by atoms with E-state index in [1.54, 1.807) is 78.5 Å². The summed E-state index contributed by atoms with van der Waals surface area (Å²) in [5.41, 5.74) is 3.45. The molecule has 0 saturated carbocycles. The van der Waals surface area contributed by atoms with Crippen LogP contribution < -0.4 is 10.6 Å². The Morgan fingerprint density at radius 2 is 1.33 bits per heavy atom. The quantitative estimate of drug-likeness (QED) is 0.208. The highest BCUT2D eigenvalue weighted by atomic mass is 32.2. The number of benzene rings is 4. The van der Waals surface area contributed by atoms with Gasteiger partial charge in [-0.15, -0.1) is 11.8 Å². The van der Waals surface area contributed by atoms with Crippen LogP contribution in [0, 0.1) is 6.92 Å². The molecule has 5 nitrogen and oxygen atoms in total. The maximum atomic E-state index is 13.3. The molecule has 6 heteroatoms. The first-order chi connectivity index (χ1) is 17.5. The fraction of sp³-hybridized carbons (Fsp3) is 0.100. The van der Waals surface area contributed by atoms with Gasteiger partial charge in [-0.2, -0.15) is 0 Å². The van der Waals surface area contributed by atoms with Gasteiger partial charge in [-0.25, -0.2) is 0 Å². The lowest BCUT2D eigenvalue weighted by molar-refractivity contribution is 0.102. The third-order valence-corrected chi connectivity index (χ3v) is 6.41. The zero-order chi connectivity index (χ0) is 25.5. The van der Waals surface area contributed by atoms with Crippen molar-refractivity contribution >= 4 is 40.7 Å². The van der Waals surface area contributed by atoms with Crippen LogP contribution in [0.1, 0.15) is 49.1 Å². The first kappa shape index (κ1) is 24.9. The Morgan fingerprint density at radius 1 is 0.667 bits per heavy atom. The number of carbonyl (C=O) groups is 3. The summed E-state index contributed by atoms with van der Waals surface area (Å²) < 4.78 is 0. The standard InChI is InChI=1S/C30H26N2O3S/c1-3-36-23-13-9-12-22(19-23)29(34)31-26-15-8-7-14-24(26)30(35)32-27-17-16-20(2)18-25(27)28(33)21-10-5-4-6-11-21/h4-19H,3H2,1-2H3,(H,31,34)(H,32,35). The van der Waals surface area contributed by atoms with E-state index in [1.165, 1.54) is 0 Å². The number of hydrogen-bond acceptors (Lipinski definition) is 4.